The van der Waals surface area contributed by atoms with Crippen LogP contribution in [0.4, 0.5) is 5.69 Å². The molecule has 3 aromatic carbocycles. The molecule has 1 unspecified atom stereocenters. The number of nitrogens with one attached hydrogen (secondary N) is 1. The van der Waals surface area contributed by atoms with Crippen LogP contribution in [0.2, 0.25) is 10.0 Å². The summed E-state index contributed by atoms with van der Waals surface area (Å²) >= 11 is 12.1. The van der Waals surface area contributed by atoms with E-state index in [9.17, 15) is 9.90 Å². The number of hydrogen-bond acceptors (Lipinski definition) is 4. The highest BCUT2D eigenvalue weighted by molar-refractivity contribution is 6.31. The van der Waals surface area contributed by atoms with E-state index in [0.29, 0.717) is 43.9 Å². The lowest BCUT2D eigenvalue weighted by molar-refractivity contribution is -0.138. The van der Waals surface area contributed by atoms with E-state index in [-0.39, 0.29) is 0 Å². The van der Waals surface area contributed by atoms with Crippen molar-refractivity contribution in [3.05, 3.63) is 82.3 Å². The van der Waals surface area contributed by atoms with Gasteiger partial charge in [-0.05, 0) is 48.0 Å². The minimum Gasteiger partial charge on any atom is -0.479 e. The number of aliphatic carboxylic acids is 1. The molecule has 0 bridgehead atoms. The van der Waals surface area contributed by atoms with Gasteiger partial charge in [0.1, 0.15) is 5.52 Å². The first-order valence-corrected chi connectivity index (χ1v) is 9.17. The molecule has 0 saturated heterocycles. The van der Waals surface area contributed by atoms with Crippen molar-refractivity contribution in [1.82, 2.24) is 4.98 Å². The second kappa shape index (κ2) is 7.54. The van der Waals surface area contributed by atoms with Gasteiger partial charge in [-0.3, -0.25) is 0 Å². The number of carbonyl (C=O) groups is 1. The summed E-state index contributed by atoms with van der Waals surface area (Å²) in [4.78, 5) is 16.4. The van der Waals surface area contributed by atoms with Crippen LogP contribution in [0.3, 0.4) is 0 Å². The first-order valence-electron chi connectivity index (χ1n) is 8.41. The number of carboxylic acid groups (broad SMARTS) is 1. The minimum atomic E-state index is -1.03. The summed E-state index contributed by atoms with van der Waals surface area (Å²) in [7, 11) is 0. The van der Waals surface area contributed by atoms with Gasteiger partial charge < -0.3 is 14.8 Å². The molecule has 1 aromatic heterocycles. The van der Waals surface area contributed by atoms with Gasteiger partial charge in [0.25, 0.3) is 0 Å². The van der Waals surface area contributed by atoms with Gasteiger partial charge in [-0.1, -0.05) is 47.5 Å². The molecule has 0 fully saturated rings. The summed E-state index contributed by atoms with van der Waals surface area (Å²) in [6, 6.07) is 18.1. The van der Waals surface area contributed by atoms with E-state index in [2.05, 4.69) is 10.3 Å². The molecule has 0 radical (unpaired) electrons. The third-order valence-electron chi connectivity index (χ3n) is 4.26. The zero-order valence-corrected chi connectivity index (χ0v) is 15.9. The second-order valence-corrected chi connectivity index (χ2v) is 7.02. The molecule has 2 N–H and O–H groups in total. The van der Waals surface area contributed by atoms with Gasteiger partial charge in [-0.15, -0.1) is 0 Å². The summed E-state index contributed by atoms with van der Waals surface area (Å²) in [5, 5.41) is 13.8. The number of para-hydroxylation sites is 2. The van der Waals surface area contributed by atoms with Crippen LogP contribution >= 0.6 is 23.2 Å². The summed E-state index contributed by atoms with van der Waals surface area (Å²) in [6.45, 7) is 0. The molecule has 5 nitrogen and oxygen atoms in total. The molecule has 0 aliphatic heterocycles. The van der Waals surface area contributed by atoms with E-state index in [4.69, 9.17) is 27.6 Å². The number of fused-ring (bicyclic) bond motifs is 1. The van der Waals surface area contributed by atoms with Crippen LogP contribution in [0.15, 0.2) is 71.1 Å². The second-order valence-electron chi connectivity index (χ2n) is 6.14. The van der Waals surface area contributed by atoms with Crippen molar-refractivity contribution in [2.24, 2.45) is 0 Å². The van der Waals surface area contributed by atoms with Crippen molar-refractivity contribution < 1.29 is 14.3 Å². The number of carboxylic acids is 1. The van der Waals surface area contributed by atoms with Crippen LogP contribution in [0.25, 0.3) is 22.6 Å². The Morgan fingerprint density at radius 1 is 1.00 bits per heavy atom. The first kappa shape index (κ1) is 18.3. The Morgan fingerprint density at radius 2 is 1.71 bits per heavy atom. The van der Waals surface area contributed by atoms with Gasteiger partial charge in [-0.2, -0.15) is 0 Å². The van der Waals surface area contributed by atoms with E-state index in [0.717, 1.165) is 0 Å². The van der Waals surface area contributed by atoms with Crippen LogP contribution < -0.4 is 5.32 Å². The quantitative estimate of drug-likeness (QED) is 0.417. The molecule has 1 heterocycles. The van der Waals surface area contributed by atoms with Gasteiger partial charge in [-0.25, -0.2) is 9.78 Å². The Balaban J connectivity index is 1.77. The highest BCUT2D eigenvalue weighted by Gasteiger charge is 2.22. The number of nitrogens with zero attached hydrogens (tertiary/aromatic N) is 1. The van der Waals surface area contributed by atoms with E-state index < -0.39 is 12.0 Å². The fourth-order valence-electron chi connectivity index (χ4n) is 2.91. The zero-order chi connectivity index (χ0) is 19.7. The van der Waals surface area contributed by atoms with Crippen LogP contribution in [-0.2, 0) is 4.79 Å². The number of halogens is 2. The lowest BCUT2D eigenvalue weighted by atomic mass is 10.1. The standard InChI is InChI=1S/C21H14Cl2N2O3/c22-13-7-5-12(6-8-13)19(21(26)27)24-16-10-9-14(23)11-15(16)20-25-17-3-1-2-4-18(17)28-20/h1-11,19,24H,(H,26,27). The Bertz CT molecular complexity index is 1120. The molecular formula is C21H14Cl2N2O3. The number of aromatic nitrogens is 1. The van der Waals surface area contributed by atoms with E-state index in [1.54, 1.807) is 42.5 Å². The van der Waals surface area contributed by atoms with Crippen LogP contribution in [0.5, 0.6) is 0 Å². The molecule has 4 aromatic rings. The summed E-state index contributed by atoms with van der Waals surface area (Å²) in [6.07, 6.45) is 0. The van der Waals surface area contributed by atoms with Gasteiger partial charge >= 0.3 is 5.97 Å². The Morgan fingerprint density at radius 3 is 2.43 bits per heavy atom. The van der Waals surface area contributed by atoms with Crippen molar-refractivity contribution in [2.45, 2.75) is 6.04 Å². The predicted octanol–water partition coefficient (Wildman–Crippen LogP) is 6.04. The van der Waals surface area contributed by atoms with Crippen molar-refractivity contribution >= 4 is 46.0 Å². The van der Waals surface area contributed by atoms with Gasteiger partial charge in [0.05, 0.1) is 5.56 Å². The lowest BCUT2D eigenvalue weighted by Gasteiger charge is -2.18. The lowest BCUT2D eigenvalue weighted by Crippen LogP contribution is -2.20. The van der Waals surface area contributed by atoms with Crippen LogP contribution in [-0.4, -0.2) is 16.1 Å². The molecule has 4 rings (SSSR count). The monoisotopic (exact) mass is 412 g/mol. The molecular weight excluding hydrogens is 399 g/mol. The smallest absolute Gasteiger partial charge is 0.330 e. The van der Waals surface area contributed by atoms with Crippen molar-refractivity contribution in [1.29, 1.82) is 0 Å². The van der Waals surface area contributed by atoms with Gasteiger partial charge in [0.15, 0.2) is 11.6 Å². The topological polar surface area (TPSA) is 75.4 Å². The SMILES string of the molecule is O=C(O)C(Nc1ccc(Cl)cc1-c1nc2ccccc2o1)c1ccc(Cl)cc1. The van der Waals surface area contributed by atoms with Gasteiger partial charge in [0.2, 0.25) is 5.89 Å². The van der Waals surface area contributed by atoms with Gasteiger partial charge in [0, 0.05) is 15.7 Å². The Kier molecular flexibility index (Phi) is 4.94. The highest BCUT2D eigenvalue weighted by atomic mass is 35.5. The molecule has 0 amide bonds. The molecule has 0 saturated carbocycles. The molecule has 7 heteroatoms. The van der Waals surface area contributed by atoms with E-state index in [1.165, 1.54) is 0 Å². The molecule has 0 aliphatic rings. The maximum absolute atomic E-state index is 11.9. The zero-order valence-electron chi connectivity index (χ0n) is 14.4. The van der Waals surface area contributed by atoms with Crippen LogP contribution in [0.1, 0.15) is 11.6 Å². The van der Waals surface area contributed by atoms with Crippen molar-refractivity contribution in [3.63, 3.8) is 0 Å². The molecule has 0 aliphatic carbocycles. The molecule has 28 heavy (non-hydrogen) atoms. The van der Waals surface area contributed by atoms with Crippen LogP contribution in [0, 0.1) is 0 Å². The Labute approximate surface area is 170 Å². The molecule has 0 spiro atoms. The third kappa shape index (κ3) is 3.67. The Hall–Kier alpha value is -3.02. The largest absolute Gasteiger partial charge is 0.479 e. The first-order chi connectivity index (χ1) is 13.5. The molecule has 1 atom stereocenters. The number of hydrogen-bond donors (Lipinski definition) is 2. The maximum Gasteiger partial charge on any atom is 0.330 e. The molecule has 140 valence electrons. The highest BCUT2D eigenvalue weighted by Crippen LogP contribution is 2.34. The average molecular weight is 413 g/mol. The fourth-order valence-corrected chi connectivity index (χ4v) is 3.20. The number of benzene rings is 3. The third-order valence-corrected chi connectivity index (χ3v) is 4.74. The maximum atomic E-state index is 11.9. The number of oxazole rings is 1. The normalized spacial score (nSPS) is 12.1. The summed E-state index contributed by atoms with van der Waals surface area (Å²) < 4.78 is 5.84. The fraction of sp³-hybridized carbons (Fsp3) is 0.0476. The number of rotatable bonds is 5. The van der Waals surface area contributed by atoms with Crippen molar-refractivity contribution in [2.75, 3.05) is 5.32 Å². The number of anilines is 1. The van der Waals surface area contributed by atoms with Crippen molar-refractivity contribution in [3.8, 4) is 11.5 Å². The summed E-state index contributed by atoms with van der Waals surface area (Å²) in [5.74, 6) is -0.674. The van der Waals surface area contributed by atoms with E-state index >= 15 is 0 Å². The average Bonchev–Trinajstić information content (AvgIpc) is 3.11. The predicted molar refractivity (Wildman–Crippen MR) is 110 cm³/mol. The summed E-state index contributed by atoms with van der Waals surface area (Å²) in [5.41, 5.74) is 3.02. The minimum absolute atomic E-state index is 0.353. The van der Waals surface area contributed by atoms with E-state index in [1.807, 2.05) is 24.3 Å².